The van der Waals surface area contributed by atoms with Crippen LogP contribution in [-0.2, 0) is 6.54 Å². The quantitative estimate of drug-likeness (QED) is 0.918. The predicted molar refractivity (Wildman–Crippen MR) is 95.6 cm³/mol. The first-order valence-corrected chi connectivity index (χ1v) is 9.31. The Hall–Kier alpha value is -2.11. The zero-order chi connectivity index (χ0) is 17.8. The number of amides is 1. The van der Waals surface area contributed by atoms with Crippen LogP contribution in [-0.4, -0.2) is 26.9 Å². The molecule has 6 nitrogen and oxygen atoms in total. The Balaban J connectivity index is 1.73. The van der Waals surface area contributed by atoms with E-state index in [1.807, 2.05) is 31.5 Å². The molecule has 2 heterocycles. The maximum atomic E-state index is 12.8. The zero-order valence-electron chi connectivity index (χ0n) is 15.5. The summed E-state index contributed by atoms with van der Waals surface area (Å²) in [4.78, 5) is 12.8. The van der Waals surface area contributed by atoms with Gasteiger partial charge in [-0.3, -0.25) is 9.48 Å². The third-order valence-electron chi connectivity index (χ3n) is 5.05. The molecule has 1 N–H and O–H groups in total. The molecule has 0 aromatic carbocycles. The number of carbonyl (C=O) groups excluding carboxylic acids is 1. The van der Waals surface area contributed by atoms with Crippen LogP contribution in [0.15, 0.2) is 10.6 Å². The highest BCUT2D eigenvalue weighted by Crippen LogP contribution is 2.20. The van der Waals surface area contributed by atoms with E-state index in [2.05, 4.69) is 15.6 Å². The SMILES string of the molecule is Cc1cc(C)n(Cc2c(C(=O)NC3CCCCCCC3)noc2C)n1. The van der Waals surface area contributed by atoms with E-state index in [4.69, 9.17) is 4.52 Å². The summed E-state index contributed by atoms with van der Waals surface area (Å²) >= 11 is 0. The molecule has 0 spiro atoms. The first-order chi connectivity index (χ1) is 12.0. The molecule has 2 aromatic heterocycles. The molecule has 0 aliphatic heterocycles. The minimum Gasteiger partial charge on any atom is -0.361 e. The van der Waals surface area contributed by atoms with Gasteiger partial charge in [0.15, 0.2) is 5.69 Å². The molecule has 6 heteroatoms. The highest BCUT2D eigenvalue weighted by atomic mass is 16.5. The standard InChI is InChI=1S/C19H28N4O2/c1-13-11-14(2)23(21-13)12-17-15(3)25-22-18(17)19(24)20-16-9-7-5-4-6-8-10-16/h11,16H,4-10,12H2,1-3H3,(H,20,24). The van der Waals surface area contributed by atoms with Crippen molar-refractivity contribution in [2.75, 3.05) is 0 Å². The van der Waals surface area contributed by atoms with Crippen LogP contribution in [0.5, 0.6) is 0 Å². The Kier molecular flexibility index (Phi) is 5.56. The lowest BCUT2D eigenvalue weighted by Crippen LogP contribution is -2.36. The molecule has 1 aliphatic carbocycles. The maximum absolute atomic E-state index is 12.8. The van der Waals surface area contributed by atoms with Crippen molar-refractivity contribution in [1.29, 1.82) is 0 Å². The fourth-order valence-electron chi connectivity index (χ4n) is 3.59. The van der Waals surface area contributed by atoms with Crippen LogP contribution in [0.4, 0.5) is 0 Å². The van der Waals surface area contributed by atoms with E-state index in [1.54, 1.807) is 0 Å². The van der Waals surface area contributed by atoms with Crippen LogP contribution >= 0.6 is 0 Å². The molecule has 3 rings (SSSR count). The number of aryl methyl sites for hydroxylation is 3. The molecule has 1 saturated carbocycles. The summed E-state index contributed by atoms with van der Waals surface area (Å²) in [6.45, 7) is 6.33. The van der Waals surface area contributed by atoms with Crippen molar-refractivity contribution >= 4 is 5.91 Å². The lowest BCUT2D eigenvalue weighted by molar-refractivity contribution is 0.0920. The Morgan fingerprint density at radius 1 is 1.20 bits per heavy atom. The Morgan fingerprint density at radius 2 is 1.88 bits per heavy atom. The highest BCUT2D eigenvalue weighted by Gasteiger charge is 2.23. The lowest BCUT2D eigenvalue weighted by Gasteiger charge is -2.20. The first-order valence-electron chi connectivity index (χ1n) is 9.31. The average molecular weight is 344 g/mol. The lowest BCUT2D eigenvalue weighted by atomic mass is 9.96. The Labute approximate surface area is 149 Å². The summed E-state index contributed by atoms with van der Waals surface area (Å²) in [6.07, 6.45) is 8.31. The number of nitrogens with zero attached hydrogens (tertiary/aromatic N) is 3. The van der Waals surface area contributed by atoms with Crippen molar-refractivity contribution in [2.45, 2.75) is 78.3 Å². The molecular weight excluding hydrogens is 316 g/mol. The molecular formula is C19H28N4O2. The van der Waals surface area contributed by atoms with Crippen molar-refractivity contribution in [1.82, 2.24) is 20.3 Å². The number of rotatable bonds is 4. The van der Waals surface area contributed by atoms with Crippen molar-refractivity contribution in [2.24, 2.45) is 0 Å². The normalized spacial score (nSPS) is 16.4. The van der Waals surface area contributed by atoms with Crippen LogP contribution < -0.4 is 5.32 Å². The second kappa shape index (κ2) is 7.85. The van der Waals surface area contributed by atoms with E-state index in [9.17, 15) is 4.79 Å². The highest BCUT2D eigenvalue weighted by molar-refractivity contribution is 5.94. The van der Waals surface area contributed by atoms with Gasteiger partial charge in [0.2, 0.25) is 0 Å². The first kappa shape index (κ1) is 17.7. The van der Waals surface area contributed by atoms with E-state index in [-0.39, 0.29) is 11.9 Å². The summed E-state index contributed by atoms with van der Waals surface area (Å²) in [5.74, 6) is 0.550. The summed E-state index contributed by atoms with van der Waals surface area (Å²) in [5.41, 5.74) is 3.23. The smallest absolute Gasteiger partial charge is 0.274 e. The van der Waals surface area contributed by atoms with E-state index >= 15 is 0 Å². The Morgan fingerprint density at radius 3 is 2.52 bits per heavy atom. The van der Waals surface area contributed by atoms with Crippen molar-refractivity contribution in [3.8, 4) is 0 Å². The molecule has 0 radical (unpaired) electrons. The second-order valence-electron chi connectivity index (χ2n) is 7.17. The molecule has 2 aromatic rings. The van der Waals surface area contributed by atoms with Gasteiger partial charge in [-0.2, -0.15) is 5.10 Å². The van der Waals surface area contributed by atoms with Crippen molar-refractivity contribution in [3.05, 3.63) is 34.5 Å². The number of aromatic nitrogens is 3. The molecule has 0 saturated heterocycles. The molecule has 1 amide bonds. The molecule has 1 fully saturated rings. The van der Waals surface area contributed by atoms with Gasteiger partial charge in [-0.05, 0) is 39.7 Å². The Bertz CT molecular complexity index is 724. The molecule has 1 aliphatic rings. The van der Waals surface area contributed by atoms with Gasteiger partial charge in [0, 0.05) is 17.3 Å². The number of hydrogen-bond acceptors (Lipinski definition) is 4. The minimum absolute atomic E-state index is 0.126. The topological polar surface area (TPSA) is 73.0 Å². The van der Waals surface area contributed by atoms with Crippen LogP contribution in [0.2, 0.25) is 0 Å². The van der Waals surface area contributed by atoms with Crippen LogP contribution in [0.1, 0.15) is 78.1 Å². The monoisotopic (exact) mass is 344 g/mol. The minimum atomic E-state index is -0.126. The van der Waals surface area contributed by atoms with Crippen LogP contribution in [0, 0.1) is 20.8 Å². The molecule has 0 atom stereocenters. The zero-order valence-corrected chi connectivity index (χ0v) is 15.5. The van der Waals surface area contributed by atoms with Gasteiger partial charge in [-0.25, -0.2) is 0 Å². The number of nitrogens with one attached hydrogen (secondary N) is 1. The second-order valence-corrected chi connectivity index (χ2v) is 7.17. The van der Waals surface area contributed by atoms with Crippen LogP contribution in [0.25, 0.3) is 0 Å². The summed E-state index contributed by atoms with van der Waals surface area (Å²) in [7, 11) is 0. The largest absolute Gasteiger partial charge is 0.361 e. The summed E-state index contributed by atoms with van der Waals surface area (Å²) in [6, 6.07) is 2.27. The molecule has 0 bridgehead atoms. The van der Waals surface area contributed by atoms with Crippen LogP contribution in [0.3, 0.4) is 0 Å². The van der Waals surface area contributed by atoms with Gasteiger partial charge >= 0.3 is 0 Å². The van der Waals surface area contributed by atoms with E-state index < -0.39 is 0 Å². The summed E-state index contributed by atoms with van der Waals surface area (Å²) in [5, 5.41) is 11.7. The van der Waals surface area contributed by atoms with Crippen molar-refractivity contribution < 1.29 is 9.32 Å². The molecule has 0 unspecified atom stereocenters. The fourth-order valence-corrected chi connectivity index (χ4v) is 3.59. The van der Waals surface area contributed by atoms with Gasteiger partial charge < -0.3 is 9.84 Å². The summed E-state index contributed by atoms with van der Waals surface area (Å²) < 4.78 is 7.21. The van der Waals surface area contributed by atoms with E-state index in [0.717, 1.165) is 29.8 Å². The van der Waals surface area contributed by atoms with Gasteiger partial charge in [0.25, 0.3) is 5.91 Å². The predicted octanol–water partition coefficient (Wildman–Crippen LogP) is 3.69. The third-order valence-corrected chi connectivity index (χ3v) is 5.05. The van der Waals surface area contributed by atoms with Gasteiger partial charge in [0.1, 0.15) is 5.76 Å². The number of hydrogen-bond donors (Lipinski definition) is 1. The van der Waals surface area contributed by atoms with Gasteiger partial charge in [-0.15, -0.1) is 0 Å². The number of carbonyl (C=O) groups is 1. The van der Waals surface area contributed by atoms with E-state index in [1.165, 1.54) is 32.1 Å². The third kappa shape index (κ3) is 4.30. The van der Waals surface area contributed by atoms with Gasteiger partial charge in [0.05, 0.1) is 12.2 Å². The average Bonchev–Trinajstić information content (AvgIpc) is 3.05. The van der Waals surface area contributed by atoms with E-state index in [0.29, 0.717) is 18.0 Å². The molecule has 25 heavy (non-hydrogen) atoms. The maximum Gasteiger partial charge on any atom is 0.274 e. The fraction of sp³-hybridized carbons (Fsp3) is 0.632. The van der Waals surface area contributed by atoms with Crippen molar-refractivity contribution in [3.63, 3.8) is 0 Å². The van der Waals surface area contributed by atoms with Gasteiger partial charge in [-0.1, -0.05) is 37.3 Å². The molecule has 136 valence electrons.